The number of halogens is 2. The number of hydrogen-bond donors (Lipinski definition) is 0. The highest BCUT2D eigenvalue weighted by molar-refractivity contribution is 6.36. The van der Waals surface area contributed by atoms with Crippen LogP contribution in [0, 0.1) is 11.8 Å². The third kappa shape index (κ3) is 2.75. The number of carbonyl (C=O) groups excluding carboxylic acids is 3. The molecule has 0 spiro atoms. The Morgan fingerprint density at radius 2 is 1.62 bits per heavy atom. The summed E-state index contributed by atoms with van der Waals surface area (Å²) in [6.45, 7) is 0.717. The lowest BCUT2D eigenvalue weighted by Gasteiger charge is -2.27. The van der Waals surface area contributed by atoms with Gasteiger partial charge in [0.1, 0.15) is 0 Å². The maximum absolute atomic E-state index is 13.4. The van der Waals surface area contributed by atoms with E-state index in [1.165, 1.54) is 4.90 Å². The van der Waals surface area contributed by atoms with E-state index in [-0.39, 0.29) is 23.6 Å². The van der Waals surface area contributed by atoms with Gasteiger partial charge in [0, 0.05) is 16.6 Å². The fourth-order valence-corrected chi connectivity index (χ4v) is 5.52. The second-order valence-corrected chi connectivity index (χ2v) is 8.62. The second kappa shape index (κ2) is 6.94. The van der Waals surface area contributed by atoms with Crippen molar-refractivity contribution in [3.8, 4) is 0 Å². The van der Waals surface area contributed by atoms with E-state index in [1.807, 2.05) is 0 Å². The van der Waals surface area contributed by atoms with Crippen molar-refractivity contribution in [2.75, 3.05) is 11.4 Å². The first-order chi connectivity index (χ1) is 14.0. The molecule has 5 nitrogen and oxygen atoms in total. The van der Waals surface area contributed by atoms with Gasteiger partial charge < -0.3 is 0 Å². The molecular weight excluding hydrogens is 411 g/mol. The van der Waals surface area contributed by atoms with Crippen LogP contribution in [0.15, 0.2) is 48.5 Å². The van der Waals surface area contributed by atoms with Crippen molar-refractivity contribution in [2.45, 2.75) is 24.9 Å². The quantitative estimate of drug-likeness (QED) is 0.550. The summed E-state index contributed by atoms with van der Waals surface area (Å²) in [6.07, 6.45) is 1.72. The van der Waals surface area contributed by atoms with Crippen molar-refractivity contribution >= 4 is 46.5 Å². The van der Waals surface area contributed by atoms with Crippen LogP contribution in [0.2, 0.25) is 10.0 Å². The lowest BCUT2D eigenvalue weighted by atomic mass is 9.85. The van der Waals surface area contributed by atoms with Gasteiger partial charge in [-0.2, -0.15) is 0 Å². The number of carbonyl (C=O) groups is 3. The molecular formula is C22H18Cl2N2O3. The monoisotopic (exact) mass is 428 g/mol. The molecule has 2 aromatic rings. The Morgan fingerprint density at radius 1 is 0.931 bits per heavy atom. The number of fused-ring (bicyclic) bond motifs is 3. The molecule has 3 heterocycles. The van der Waals surface area contributed by atoms with Gasteiger partial charge >= 0.3 is 0 Å². The van der Waals surface area contributed by atoms with Crippen molar-refractivity contribution < 1.29 is 14.4 Å². The van der Waals surface area contributed by atoms with Crippen LogP contribution in [0.3, 0.4) is 0 Å². The van der Waals surface area contributed by atoms with Gasteiger partial charge in [-0.15, -0.1) is 0 Å². The minimum atomic E-state index is -0.688. The molecule has 3 aliphatic heterocycles. The molecule has 3 aliphatic rings. The van der Waals surface area contributed by atoms with E-state index < -0.39 is 17.9 Å². The molecule has 0 unspecified atom stereocenters. The normalized spacial score (nSPS) is 28.7. The van der Waals surface area contributed by atoms with Crippen LogP contribution in [-0.4, -0.2) is 41.1 Å². The number of hydrogen-bond acceptors (Lipinski definition) is 4. The van der Waals surface area contributed by atoms with E-state index in [4.69, 9.17) is 23.2 Å². The zero-order chi connectivity index (χ0) is 20.3. The van der Waals surface area contributed by atoms with Gasteiger partial charge in [-0.25, -0.2) is 4.90 Å². The molecule has 0 saturated carbocycles. The van der Waals surface area contributed by atoms with Crippen molar-refractivity contribution in [3.05, 3.63) is 64.1 Å². The molecule has 4 atom stereocenters. The van der Waals surface area contributed by atoms with E-state index in [9.17, 15) is 14.4 Å². The van der Waals surface area contributed by atoms with Gasteiger partial charge in [0.2, 0.25) is 11.8 Å². The largest absolute Gasteiger partial charge is 0.292 e. The number of nitrogens with zero attached hydrogens (tertiary/aromatic N) is 2. The molecule has 0 radical (unpaired) electrons. The first-order valence-electron chi connectivity index (χ1n) is 9.67. The van der Waals surface area contributed by atoms with Crippen LogP contribution in [0.4, 0.5) is 5.69 Å². The Bertz CT molecular complexity index is 1020. The van der Waals surface area contributed by atoms with Crippen molar-refractivity contribution in [3.63, 3.8) is 0 Å². The summed E-state index contributed by atoms with van der Waals surface area (Å²) in [5.74, 6) is -1.93. The van der Waals surface area contributed by atoms with Gasteiger partial charge in [-0.05, 0) is 55.8 Å². The molecule has 0 aromatic heterocycles. The first kappa shape index (κ1) is 18.8. The van der Waals surface area contributed by atoms with Gasteiger partial charge in [0.25, 0.3) is 0 Å². The number of amides is 2. The van der Waals surface area contributed by atoms with E-state index in [0.717, 1.165) is 12.8 Å². The van der Waals surface area contributed by atoms with E-state index in [1.54, 1.807) is 48.5 Å². The highest BCUT2D eigenvalue weighted by Crippen LogP contribution is 2.49. The highest BCUT2D eigenvalue weighted by Gasteiger charge is 2.64. The predicted molar refractivity (Wildman–Crippen MR) is 110 cm³/mol. The van der Waals surface area contributed by atoms with Crippen molar-refractivity contribution in [1.29, 1.82) is 0 Å². The molecule has 5 rings (SSSR count). The van der Waals surface area contributed by atoms with Crippen LogP contribution >= 0.6 is 23.2 Å². The SMILES string of the molecule is O=C(c1ccc(Cl)cc1)[C@H]1[C@H]2C(=O)N(c3ccccc3Cl)C(=O)[C@@H]2[C@H]2CCCN21. The van der Waals surface area contributed by atoms with Gasteiger partial charge in [-0.3, -0.25) is 19.3 Å². The number of anilines is 1. The fraction of sp³-hybridized carbons (Fsp3) is 0.318. The minimum absolute atomic E-state index is 0.0924. The van der Waals surface area contributed by atoms with E-state index in [0.29, 0.717) is 27.8 Å². The maximum atomic E-state index is 13.4. The van der Waals surface area contributed by atoms with Gasteiger partial charge in [0.05, 0.1) is 28.6 Å². The molecule has 0 N–H and O–H groups in total. The van der Waals surface area contributed by atoms with Gasteiger partial charge in [0.15, 0.2) is 5.78 Å². The molecule has 2 amide bonds. The standard InChI is InChI=1S/C22H18Cl2N2O3/c23-13-9-7-12(8-10-13)20(27)19-18-17(16-6-3-11-25(16)19)21(28)26(22(18)29)15-5-2-1-4-14(15)24/h1-2,4-5,7-10,16-19H,3,6,11H2/t16-,17-,18+,19-/m1/s1. The molecule has 29 heavy (non-hydrogen) atoms. The smallest absolute Gasteiger partial charge is 0.239 e. The second-order valence-electron chi connectivity index (χ2n) is 7.78. The van der Waals surface area contributed by atoms with Crippen LogP contribution < -0.4 is 4.90 Å². The summed E-state index contributed by atoms with van der Waals surface area (Å²) in [4.78, 5) is 43.4. The van der Waals surface area contributed by atoms with Crippen LogP contribution in [0.25, 0.3) is 0 Å². The zero-order valence-electron chi connectivity index (χ0n) is 15.4. The summed E-state index contributed by atoms with van der Waals surface area (Å²) in [7, 11) is 0. The average molecular weight is 429 g/mol. The summed E-state index contributed by atoms with van der Waals surface area (Å²) in [6, 6.07) is 12.8. The first-order valence-corrected chi connectivity index (χ1v) is 10.4. The topological polar surface area (TPSA) is 57.7 Å². The highest BCUT2D eigenvalue weighted by atomic mass is 35.5. The molecule has 7 heteroatoms. The number of benzene rings is 2. The number of para-hydroxylation sites is 1. The third-order valence-electron chi connectivity index (χ3n) is 6.34. The summed E-state index contributed by atoms with van der Waals surface area (Å²) in [5.41, 5.74) is 0.892. The Kier molecular flexibility index (Phi) is 4.50. The third-order valence-corrected chi connectivity index (χ3v) is 6.91. The molecule has 0 aliphatic carbocycles. The van der Waals surface area contributed by atoms with Crippen LogP contribution in [-0.2, 0) is 9.59 Å². The molecule has 0 bridgehead atoms. The summed E-state index contributed by atoms with van der Waals surface area (Å²) in [5, 5.41) is 0.889. The number of ketones is 1. The Balaban J connectivity index is 1.56. The average Bonchev–Trinajstić information content (AvgIpc) is 3.35. The Morgan fingerprint density at radius 3 is 2.34 bits per heavy atom. The van der Waals surface area contributed by atoms with Crippen LogP contribution in [0.1, 0.15) is 23.2 Å². The lowest BCUT2D eigenvalue weighted by Crippen LogP contribution is -2.46. The van der Waals surface area contributed by atoms with E-state index >= 15 is 0 Å². The van der Waals surface area contributed by atoms with E-state index in [2.05, 4.69) is 4.90 Å². The molecule has 148 valence electrons. The number of rotatable bonds is 3. The fourth-order valence-electron chi connectivity index (χ4n) is 5.17. The Labute approximate surface area is 178 Å². The van der Waals surface area contributed by atoms with Crippen LogP contribution in [0.5, 0.6) is 0 Å². The Hall–Kier alpha value is -2.21. The van der Waals surface area contributed by atoms with Gasteiger partial charge in [-0.1, -0.05) is 35.3 Å². The minimum Gasteiger partial charge on any atom is -0.292 e. The maximum Gasteiger partial charge on any atom is 0.239 e. The van der Waals surface area contributed by atoms with Crippen molar-refractivity contribution in [2.24, 2.45) is 11.8 Å². The zero-order valence-corrected chi connectivity index (χ0v) is 16.9. The summed E-state index contributed by atoms with van der Waals surface area (Å²) >= 11 is 12.2. The lowest BCUT2D eigenvalue weighted by molar-refractivity contribution is -0.123. The molecule has 3 fully saturated rings. The number of Topliss-reactive ketones (excluding diaryl/α,β-unsaturated/α-hetero) is 1. The predicted octanol–water partition coefficient (Wildman–Crippen LogP) is 3.83. The molecule has 2 aromatic carbocycles. The van der Waals surface area contributed by atoms with Crippen molar-refractivity contribution in [1.82, 2.24) is 4.90 Å². The summed E-state index contributed by atoms with van der Waals surface area (Å²) < 4.78 is 0. The molecule has 3 saturated heterocycles. The number of imide groups is 1.